The largest absolute Gasteiger partial charge is 0.344 e. The molecule has 1 N–H and O–H groups in total. The molecule has 0 bridgehead atoms. The first-order chi connectivity index (χ1) is 13.2. The average Bonchev–Trinajstić information content (AvgIpc) is 3.03. The number of nitrogens with one attached hydrogen (secondary N) is 1. The van der Waals surface area contributed by atoms with Crippen LogP contribution >= 0.6 is 0 Å². The highest BCUT2D eigenvalue weighted by Gasteiger charge is 2.20. The zero-order chi connectivity index (χ0) is 20.5. The molecule has 0 aliphatic rings. The van der Waals surface area contributed by atoms with Crippen molar-refractivity contribution < 1.29 is 17.6 Å². The van der Waals surface area contributed by atoms with E-state index in [0.29, 0.717) is 11.4 Å². The first-order valence-electron chi connectivity index (χ1n) is 8.46. The van der Waals surface area contributed by atoms with Crippen molar-refractivity contribution >= 4 is 15.7 Å². The summed E-state index contributed by atoms with van der Waals surface area (Å²) in [6, 6.07) is 11.7. The molecule has 3 aromatic rings. The van der Waals surface area contributed by atoms with Crippen LogP contribution in [0.4, 0.5) is 4.39 Å². The minimum Gasteiger partial charge on any atom is -0.344 e. The topological polar surface area (TPSA) is 93.9 Å². The third kappa shape index (κ3) is 4.09. The van der Waals surface area contributed by atoms with Crippen LogP contribution in [0.5, 0.6) is 0 Å². The van der Waals surface area contributed by atoms with Crippen LogP contribution < -0.4 is 5.32 Å². The lowest BCUT2D eigenvalue weighted by molar-refractivity contribution is 0.0934. The molecular weight excluding hydrogens is 383 g/mol. The fourth-order valence-corrected chi connectivity index (χ4v) is 3.35. The summed E-state index contributed by atoms with van der Waals surface area (Å²) in [6.45, 7) is 3.48. The van der Waals surface area contributed by atoms with Gasteiger partial charge >= 0.3 is 0 Å². The Morgan fingerprint density at radius 1 is 1.11 bits per heavy atom. The summed E-state index contributed by atoms with van der Waals surface area (Å²) in [5.74, 6) is -0.777. The minimum absolute atomic E-state index is 0.156. The molecule has 2 aromatic carbocycles. The predicted molar refractivity (Wildman–Crippen MR) is 101 cm³/mol. The smallest absolute Gasteiger partial charge is 0.274 e. The molecule has 146 valence electrons. The molecule has 0 spiro atoms. The second-order valence-corrected chi connectivity index (χ2v) is 8.46. The number of halogens is 1. The van der Waals surface area contributed by atoms with Gasteiger partial charge in [0, 0.05) is 6.26 Å². The van der Waals surface area contributed by atoms with Gasteiger partial charge in [-0.2, -0.15) is 0 Å². The molecule has 0 aliphatic heterocycles. The quantitative estimate of drug-likeness (QED) is 0.708. The zero-order valence-electron chi connectivity index (χ0n) is 15.5. The summed E-state index contributed by atoms with van der Waals surface area (Å²) in [6.07, 6.45) is 1.14. The second-order valence-electron chi connectivity index (χ2n) is 6.45. The van der Waals surface area contributed by atoms with Crippen molar-refractivity contribution in [2.24, 2.45) is 0 Å². The van der Waals surface area contributed by atoms with Gasteiger partial charge in [0.2, 0.25) is 0 Å². The second kappa shape index (κ2) is 7.51. The standard InChI is InChI=1S/C19H19FN4O3S/c1-12(14-4-10-17(11-5-14)28(3,26)27)21-19(25)18-13(2)24(23-22-18)16-8-6-15(20)7-9-16/h4-12H,1-3H3,(H,21,25). The number of carbonyl (C=O) groups is 1. The Labute approximate surface area is 162 Å². The Hall–Kier alpha value is -3.07. The number of hydrogen-bond donors (Lipinski definition) is 1. The monoisotopic (exact) mass is 402 g/mol. The third-order valence-electron chi connectivity index (χ3n) is 4.34. The average molecular weight is 402 g/mol. The lowest BCUT2D eigenvalue weighted by Gasteiger charge is -2.14. The molecule has 0 aliphatic carbocycles. The number of hydrogen-bond acceptors (Lipinski definition) is 5. The first kappa shape index (κ1) is 19.7. The van der Waals surface area contributed by atoms with Crippen LogP contribution in [0.1, 0.15) is 34.7 Å². The van der Waals surface area contributed by atoms with E-state index in [9.17, 15) is 17.6 Å². The SMILES string of the molecule is Cc1c(C(=O)NC(C)c2ccc(S(C)(=O)=O)cc2)nnn1-c1ccc(F)cc1. The Kier molecular flexibility index (Phi) is 5.28. The van der Waals surface area contributed by atoms with Crippen molar-refractivity contribution in [2.45, 2.75) is 24.8 Å². The number of amides is 1. The Balaban J connectivity index is 1.77. The van der Waals surface area contributed by atoms with Crippen LogP contribution in [-0.4, -0.2) is 35.6 Å². The molecule has 0 radical (unpaired) electrons. The molecule has 0 saturated carbocycles. The Bertz CT molecular complexity index is 1110. The minimum atomic E-state index is -3.28. The number of nitrogens with zero attached hydrogens (tertiary/aromatic N) is 3. The number of rotatable bonds is 5. The van der Waals surface area contributed by atoms with Crippen molar-refractivity contribution in [3.8, 4) is 5.69 Å². The van der Waals surface area contributed by atoms with Gasteiger partial charge in [0.1, 0.15) is 5.82 Å². The van der Waals surface area contributed by atoms with Gasteiger partial charge in [0.15, 0.2) is 15.5 Å². The lowest BCUT2D eigenvalue weighted by Crippen LogP contribution is -2.27. The molecule has 1 aromatic heterocycles. The highest BCUT2D eigenvalue weighted by atomic mass is 32.2. The lowest BCUT2D eigenvalue weighted by atomic mass is 10.1. The van der Waals surface area contributed by atoms with Crippen LogP contribution in [0.25, 0.3) is 5.69 Å². The van der Waals surface area contributed by atoms with Crippen LogP contribution in [0, 0.1) is 12.7 Å². The van der Waals surface area contributed by atoms with Crippen molar-refractivity contribution in [3.05, 3.63) is 71.3 Å². The van der Waals surface area contributed by atoms with E-state index in [2.05, 4.69) is 15.6 Å². The normalized spacial score (nSPS) is 12.6. The van der Waals surface area contributed by atoms with E-state index in [0.717, 1.165) is 11.8 Å². The maximum absolute atomic E-state index is 13.1. The Morgan fingerprint density at radius 2 is 1.71 bits per heavy atom. The van der Waals surface area contributed by atoms with Crippen molar-refractivity contribution in [1.29, 1.82) is 0 Å². The molecule has 1 unspecified atom stereocenters. The number of sulfone groups is 1. The summed E-state index contributed by atoms with van der Waals surface area (Å²) in [5, 5.41) is 10.7. The number of benzene rings is 2. The van der Waals surface area contributed by atoms with Crippen LogP contribution in [-0.2, 0) is 9.84 Å². The van der Waals surface area contributed by atoms with E-state index in [1.807, 2.05) is 0 Å². The summed E-state index contributed by atoms with van der Waals surface area (Å²) in [7, 11) is -3.28. The van der Waals surface area contributed by atoms with Gasteiger partial charge in [0.05, 0.1) is 22.3 Å². The molecule has 7 nitrogen and oxygen atoms in total. The van der Waals surface area contributed by atoms with Crippen molar-refractivity contribution in [3.63, 3.8) is 0 Å². The van der Waals surface area contributed by atoms with Gasteiger partial charge in [-0.3, -0.25) is 4.79 Å². The van der Waals surface area contributed by atoms with Gasteiger partial charge in [-0.25, -0.2) is 17.5 Å². The van der Waals surface area contributed by atoms with E-state index in [1.54, 1.807) is 38.1 Å². The van der Waals surface area contributed by atoms with Gasteiger partial charge in [0.25, 0.3) is 5.91 Å². The van der Waals surface area contributed by atoms with Crippen LogP contribution in [0.3, 0.4) is 0 Å². The fourth-order valence-electron chi connectivity index (χ4n) is 2.72. The first-order valence-corrected chi connectivity index (χ1v) is 10.3. The summed E-state index contributed by atoms with van der Waals surface area (Å²) in [4.78, 5) is 12.8. The van der Waals surface area contributed by atoms with E-state index >= 15 is 0 Å². The Morgan fingerprint density at radius 3 is 2.29 bits per heavy atom. The molecule has 1 amide bonds. The zero-order valence-corrected chi connectivity index (χ0v) is 16.4. The van der Waals surface area contributed by atoms with Gasteiger partial charge in [-0.15, -0.1) is 5.10 Å². The van der Waals surface area contributed by atoms with E-state index in [1.165, 1.54) is 28.9 Å². The van der Waals surface area contributed by atoms with Gasteiger partial charge in [-0.05, 0) is 55.8 Å². The number of aromatic nitrogens is 3. The van der Waals surface area contributed by atoms with Crippen molar-refractivity contribution in [1.82, 2.24) is 20.3 Å². The third-order valence-corrected chi connectivity index (χ3v) is 5.47. The van der Waals surface area contributed by atoms with Crippen LogP contribution in [0.15, 0.2) is 53.4 Å². The number of carbonyl (C=O) groups excluding carboxylic acids is 1. The predicted octanol–water partition coefficient (Wildman–Crippen LogP) is 2.61. The molecule has 3 rings (SSSR count). The summed E-state index contributed by atoms with van der Waals surface area (Å²) < 4.78 is 37.6. The maximum Gasteiger partial charge on any atom is 0.274 e. The van der Waals surface area contributed by atoms with Gasteiger partial charge < -0.3 is 5.32 Å². The molecule has 1 heterocycles. The highest BCUT2D eigenvalue weighted by Crippen LogP contribution is 2.18. The van der Waals surface area contributed by atoms with E-state index in [4.69, 9.17) is 0 Å². The maximum atomic E-state index is 13.1. The van der Waals surface area contributed by atoms with E-state index in [-0.39, 0.29) is 22.4 Å². The summed E-state index contributed by atoms with van der Waals surface area (Å²) >= 11 is 0. The highest BCUT2D eigenvalue weighted by molar-refractivity contribution is 7.90. The molecule has 9 heteroatoms. The molecule has 28 heavy (non-hydrogen) atoms. The molecule has 0 saturated heterocycles. The van der Waals surface area contributed by atoms with Crippen molar-refractivity contribution in [2.75, 3.05) is 6.26 Å². The fraction of sp³-hybridized carbons (Fsp3) is 0.211. The van der Waals surface area contributed by atoms with Crippen LogP contribution in [0.2, 0.25) is 0 Å². The molecular formula is C19H19FN4O3S. The molecule has 0 fully saturated rings. The molecule has 1 atom stereocenters. The summed E-state index contributed by atoms with van der Waals surface area (Å²) in [5.41, 5.74) is 2.02. The van der Waals surface area contributed by atoms with E-state index < -0.39 is 15.7 Å². The van der Waals surface area contributed by atoms with Gasteiger partial charge in [-0.1, -0.05) is 17.3 Å².